The lowest BCUT2D eigenvalue weighted by Gasteiger charge is -2.02. The summed E-state index contributed by atoms with van der Waals surface area (Å²) < 4.78 is 14.1. The molecule has 0 amide bonds. The molecule has 0 unspecified atom stereocenters. The summed E-state index contributed by atoms with van der Waals surface area (Å²) in [6, 6.07) is 11.0. The Kier molecular flexibility index (Phi) is 3.98. The highest BCUT2D eigenvalue weighted by molar-refractivity contribution is 9.10. The standard InChI is InChI=1S/C12H7BrFNO2S/c13-8-2-1-3-11(4-8)18-12-6-9(14)5-10(7-12)15(16)17/h1-7H. The average molecular weight is 328 g/mol. The lowest BCUT2D eigenvalue weighted by atomic mass is 10.3. The molecule has 2 rings (SSSR count). The second-order valence-corrected chi connectivity index (χ2v) is 5.52. The number of non-ortho nitro benzene ring substituents is 1. The first kappa shape index (κ1) is 13.0. The molecule has 0 saturated heterocycles. The van der Waals surface area contributed by atoms with Crippen LogP contribution in [0.15, 0.2) is 56.7 Å². The summed E-state index contributed by atoms with van der Waals surface area (Å²) in [6.45, 7) is 0. The van der Waals surface area contributed by atoms with Crippen molar-refractivity contribution in [1.29, 1.82) is 0 Å². The summed E-state index contributed by atoms with van der Waals surface area (Å²) in [5, 5.41) is 10.6. The summed E-state index contributed by atoms with van der Waals surface area (Å²) in [7, 11) is 0. The summed E-state index contributed by atoms with van der Waals surface area (Å²) in [5.74, 6) is -0.610. The van der Waals surface area contributed by atoms with Crippen LogP contribution in [0.3, 0.4) is 0 Å². The minimum absolute atomic E-state index is 0.243. The van der Waals surface area contributed by atoms with E-state index in [1.165, 1.54) is 23.9 Å². The van der Waals surface area contributed by atoms with Crippen LogP contribution >= 0.6 is 27.7 Å². The van der Waals surface area contributed by atoms with E-state index in [0.717, 1.165) is 15.4 Å². The molecule has 0 atom stereocenters. The zero-order valence-corrected chi connectivity index (χ0v) is 11.4. The molecule has 0 aromatic heterocycles. The molecule has 3 nitrogen and oxygen atoms in total. The fraction of sp³-hybridized carbons (Fsp3) is 0. The Morgan fingerprint density at radius 2 is 1.94 bits per heavy atom. The van der Waals surface area contributed by atoms with Gasteiger partial charge in [0, 0.05) is 20.3 Å². The molecule has 92 valence electrons. The van der Waals surface area contributed by atoms with Crippen LogP contribution in [-0.2, 0) is 0 Å². The van der Waals surface area contributed by atoms with E-state index in [0.29, 0.717) is 4.90 Å². The van der Waals surface area contributed by atoms with E-state index in [1.54, 1.807) is 0 Å². The Morgan fingerprint density at radius 1 is 1.17 bits per heavy atom. The summed E-state index contributed by atoms with van der Waals surface area (Å²) in [6.07, 6.45) is 0. The number of rotatable bonds is 3. The summed E-state index contributed by atoms with van der Waals surface area (Å²) in [4.78, 5) is 11.4. The topological polar surface area (TPSA) is 43.1 Å². The second-order valence-electron chi connectivity index (χ2n) is 3.46. The van der Waals surface area contributed by atoms with E-state index in [9.17, 15) is 14.5 Å². The summed E-state index contributed by atoms with van der Waals surface area (Å²) >= 11 is 4.61. The molecular weight excluding hydrogens is 321 g/mol. The Balaban J connectivity index is 2.31. The predicted molar refractivity (Wildman–Crippen MR) is 71.3 cm³/mol. The largest absolute Gasteiger partial charge is 0.273 e. The molecule has 6 heteroatoms. The van der Waals surface area contributed by atoms with Crippen molar-refractivity contribution < 1.29 is 9.31 Å². The Bertz CT molecular complexity index is 606. The molecule has 0 aliphatic carbocycles. The number of hydrogen-bond donors (Lipinski definition) is 0. The van der Waals surface area contributed by atoms with E-state index in [4.69, 9.17) is 0 Å². The van der Waals surface area contributed by atoms with E-state index in [-0.39, 0.29) is 5.69 Å². The fourth-order valence-electron chi connectivity index (χ4n) is 1.38. The van der Waals surface area contributed by atoms with Gasteiger partial charge in [0.2, 0.25) is 0 Å². The lowest BCUT2D eigenvalue weighted by Crippen LogP contribution is -1.89. The minimum Gasteiger partial charge on any atom is -0.258 e. The molecule has 0 fully saturated rings. The Labute approximate surface area is 115 Å². The van der Waals surface area contributed by atoms with Gasteiger partial charge in [-0.2, -0.15) is 0 Å². The van der Waals surface area contributed by atoms with Crippen molar-refractivity contribution in [2.75, 3.05) is 0 Å². The van der Waals surface area contributed by atoms with Crippen LogP contribution in [0.1, 0.15) is 0 Å². The average Bonchev–Trinajstić information content (AvgIpc) is 2.28. The molecule has 0 N–H and O–H groups in total. The molecule has 0 aliphatic rings. The van der Waals surface area contributed by atoms with Crippen molar-refractivity contribution in [2.24, 2.45) is 0 Å². The van der Waals surface area contributed by atoms with Gasteiger partial charge in [-0.1, -0.05) is 33.8 Å². The molecule has 0 bridgehead atoms. The van der Waals surface area contributed by atoms with Gasteiger partial charge >= 0.3 is 0 Å². The van der Waals surface area contributed by atoms with Crippen molar-refractivity contribution in [2.45, 2.75) is 9.79 Å². The van der Waals surface area contributed by atoms with Gasteiger partial charge in [0.05, 0.1) is 11.0 Å². The SMILES string of the molecule is O=[N+]([O-])c1cc(F)cc(Sc2cccc(Br)c2)c1. The number of nitro benzene ring substituents is 1. The van der Waals surface area contributed by atoms with Crippen molar-refractivity contribution in [3.05, 3.63) is 62.9 Å². The fourth-order valence-corrected chi connectivity index (χ4v) is 2.89. The zero-order valence-electron chi connectivity index (χ0n) is 8.97. The van der Waals surface area contributed by atoms with E-state index in [2.05, 4.69) is 15.9 Å². The third-order valence-electron chi connectivity index (χ3n) is 2.10. The van der Waals surface area contributed by atoms with Gasteiger partial charge in [-0.3, -0.25) is 10.1 Å². The smallest absolute Gasteiger partial charge is 0.258 e. The third kappa shape index (κ3) is 3.30. The first-order valence-electron chi connectivity index (χ1n) is 4.93. The van der Waals surface area contributed by atoms with Crippen LogP contribution in [0.5, 0.6) is 0 Å². The zero-order chi connectivity index (χ0) is 13.1. The van der Waals surface area contributed by atoms with Crippen molar-refractivity contribution in [3.63, 3.8) is 0 Å². The molecule has 0 heterocycles. The number of nitro groups is 1. The van der Waals surface area contributed by atoms with Crippen LogP contribution < -0.4 is 0 Å². The van der Waals surface area contributed by atoms with Gasteiger partial charge in [0.25, 0.3) is 5.69 Å². The number of nitrogens with zero attached hydrogens (tertiary/aromatic N) is 1. The van der Waals surface area contributed by atoms with Crippen LogP contribution in [0.2, 0.25) is 0 Å². The lowest BCUT2D eigenvalue weighted by molar-refractivity contribution is -0.385. The van der Waals surface area contributed by atoms with Gasteiger partial charge < -0.3 is 0 Å². The van der Waals surface area contributed by atoms with Gasteiger partial charge in [0.1, 0.15) is 5.82 Å². The third-order valence-corrected chi connectivity index (χ3v) is 3.55. The maximum Gasteiger partial charge on any atom is 0.273 e. The highest BCUT2D eigenvalue weighted by atomic mass is 79.9. The van der Waals surface area contributed by atoms with E-state index >= 15 is 0 Å². The molecule has 0 saturated carbocycles. The minimum atomic E-state index is -0.610. The predicted octanol–water partition coefficient (Wildman–Crippen LogP) is 4.65. The van der Waals surface area contributed by atoms with E-state index in [1.807, 2.05) is 24.3 Å². The molecule has 2 aromatic carbocycles. The van der Waals surface area contributed by atoms with Crippen LogP contribution in [0.4, 0.5) is 10.1 Å². The van der Waals surface area contributed by atoms with Crippen LogP contribution in [-0.4, -0.2) is 4.92 Å². The normalized spacial score (nSPS) is 10.3. The maximum absolute atomic E-state index is 13.2. The van der Waals surface area contributed by atoms with Gasteiger partial charge in [0.15, 0.2) is 0 Å². The molecule has 2 aromatic rings. The van der Waals surface area contributed by atoms with E-state index < -0.39 is 10.7 Å². The monoisotopic (exact) mass is 327 g/mol. The Morgan fingerprint density at radius 3 is 2.61 bits per heavy atom. The van der Waals surface area contributed by atoms with Gasteiger partial charge in [-0.25, -0.2) is 4.39 Å². The highest BCUT2D eigenvalue weighted by Crippen LogP contribution is 2.32. The molecule has 0 radical (unpaired) electrons. The van der Waals surface area contributed by atoms with Crippen LogP contribution in [0.25, 0.3) is 0 Å². The highest BCUT2D eigenvalue weighted by Gasteiger charge is 2.10. The van der Waals surface area contributed by atoms with Crippen LogP contribution in [0, 0.1) is 15.9 Å². The van der Waals surface area contributed by atoms with Gasteiger partial charge in [-0.05, 0) is 24.3 Å². The first-order valence-corrected chi connectivity index (χ1v) is 6.54. The van der Waals surface area contributed by atoms with Crippen molar-refractivity contribution >= 4 is 33.4 Å². The quantitative estimate of drug-likeness (QED) is 0.608. The van der Waals surface area contributed by atoms with Crippen molar-refractivity contribution in [1.82, 2.24) is 0 Å². The number of halogens is 2. The molecule has 18 heavy (non-hydrogen) atoms. The van der Waals surface area contributed by atoms with Crippen molar-refractivity contribution in [3.8, 4) is 0 Å². The summed E-state index contributed by atoms with van der Waals surface area (Å²) in [5.41, 5.74) is -0.243. The molecular formula is C12H7BrFNO2S. The maximum atomic E-state index is 13.2. The molecule has 0 spiro atoms. The second kappa shape index (κ2) is 5.49. The molecule has 0 aliphatic heterocycles. The Hall–Kier alpha value is -1.40. The van der Waals surface area contributed by atoms with Gasteiger partial charge in [-0.15, -0.1) is 0 Å². The number of benzene rings is 2. The number of hydrogen-bond acceptors (Lipinski definition) is 3. The first-order chi connectivity index (χ1) is 8.54.